The summed E-state index contributed by atoms with van der Waals surface area (Å²) in [5.41, 5.74) is 2.91. The maximum atomic E-state index is 14.0. The molecule has 0 fully saturated rings. The minimum absolute atomic E-state index is 0.318. The number of nitrogens with two attached hydrogens (primary N) is 1. The van der Waals surface area contributed by atoms with Gasteiger partial charge in [-0.05, 0) is 30.7 Å². The summed E-state index contributed by atoms with van der Waals surface area (Å²) in [4.78, 5) is 10.8. The lowest BCUT2D eigenvalue weighted by atomic mass is 10.2. The quantitative estimate of drug-likeness (QED) is 0.540. The maximum Gasteiger partial charge on any atom is 0.166 e. The number of nitrogen functional groups attached to an aromatic ring is 1. The zero-order valence-electron chi connectivity index (χ0n) is 11.2. The fraction of sp³-hybridized carbons (Fsp3) is 0.143. The van der Waals surface area contributed by atoms with Gasteiger partial charge in [-0.1, -0.05) is 22.9 Å². The molecule has 0 unspecified atom stereocenters. The molecule has 0 amide bonds. The summed E-state index contributed by atoms with van der Waals surface area (Å²) < 4.78 is 14.8. The first-order valence-corrected chi connectivity index (χ1v) is 7.95. The molecule has 2 heterocycles. The first-order valence-electron chi connectivity index (χ1n) is 6.35. The Hall–Kier alpha value is -1.57. The summed E-state index contributed by atoms with van der Waals surface area (Å²) in [6.45, 7) is 2.07. The van der Waals surface area contributed by atoms with E-state index < -0.39 is 0 Å². The number of benzene rings is 1. The van der Waals surface area contributed by atoms with E-state index in [1.165, 1.54) is 10.9 Å². The van der Waals surface area contributed by atoms with Crippen molar-refractivity contribution in [3.05, 3.63) is 39.4 Å². The second-order valence-corrected chi connectivity index (χ2v) is 6.48. The van der Waals surface area contributed by atoms with Crippen molar-refractivity contribution in [1.29, 1.82) is 0 Å². The number of aromatic nitrogens is 2. The Morgan fingerprint density at radius 2 is 2.14 bits per heavy atom. The summed E-state index contributed by atoms with van der Waals surface area (Å²) in [5, 5.41) is 0.860. The van der Waals surface area contributed by atoms with E-state index >= 15 is 0 Å². The molecule has 3 rings (SSSR count). The number of nitrogens with one attached hydrogen (secondary N) is 1. The highest BCUT2D eigenvalue weighted by Gasteiger charge is 2.14. The molecule has 0 aliphatic carbocycles. The Morgan fingerprint density at radius 3 is 2.86 bits per heavy atom. The first kappa shape index (κ1) is 14.4. The Bertz CT molecular complexity index is 818. The molecule has 0 saturated heterocycles. The summed E-state index contributed by atoms with van der Waals surface area (Å²) in [5.74, 6) is 6.00. The van der Waals surface area contributed by atoms with Crippen LogP contribution in [0, 0.1) is 5.82 Å². The second kappa shape index (κ2) is 5.67. The molecule has 4 nitrogen and oxygen atoms in total. The standard InChI is InChI=1S/C14H12BrFN4S/c1-2-8-6-10-13(20-17)18-12(19-14(10)21-8)9-5-7(15)3-4-11(9)16/h3-6H,2,17H2,1H3,(H,18,19,20). The predicted molar refractivity (Wildman–Crippen MR) is 87.7 cm³/mol. The van der Waals surface area contributed by atoms with E-state index in [1.54, 1.807) is 23.5 Å². The fourth-order valence-corrected chi connectivity index (χ4v) is 3.37. The molecule has 21 heavy (non-hydrogen) atoms. The summed E-state index contributed by atoms with van der Waals surface area (Å²) >= 11 is 4.90. The van der Waals surface area contributed by atoms with Crippen LogP contribution in [0.25, 0.3) is 21.6 Å². The monoisotopic (exact) mass is 366 g/mol. The van der Waals surface area contributed by atoms with Crippen LogP contribution in [0.15, 0.2) is 28.7 Å². The molecular weight excluding hydrogens is 355 g/mol. The molecule has 7 heteroatoms. The van der Waals surface area contributed by atoms with Crippen molar-refractivity contribution in [2.45, 2.75) is 13.3 Å². The van der Waals surface area contributed by atoms with Crippen molar-refractivity contribution in [3.8, 4) is 11.4 Å². The fourth-order valence-electron chi connectivity index (χ4n) is 2.04. The van der Waals surface area contributed by atoms with Crippen LogP contribution >= 0.6 is 27.3 Å². The number of hydrogen-bond donors (Lipinski definition) is 2. The van der Waals surface area contributed by atoms with Gasteiger partial charge in [0.25, 0.3) is 0 Å². The van der Waals surface area contributed by atoms with Crippen LogP contribution in [0.2, 0.25) is 0 Å². The van der Waals surface area contributed by atoms with Crippen molar-refractivity contribution < 1.29 is 4.39 Å². The minimum Gasteiger partial charge on any atom is -0.308 e. The molecule has 0 radical (unpaired) electrons. The average molecular weight is 367 g/mol. The normalized spacial score (nSPS) is 11.0. The number of anilines is 1. The number of hydrazine groups is 1. The van der Waals surface area contributed by atoms with Gasteiger partial charge >= 0.3 is 0 Å². The Kier molecular flexibility index (Phi) is 3.88. The highest BCUT2D eigenvalue weighted by Crippen LogP contribution is 2.32. The number of rotatable bonds is 3. The SMILES string of the molecule is CCc1cc2c(NN)nc(-c3cc(Br)ccc3F)nc2s1. The zero-order valence-corrected chi connectivity index (χ0v) is 13.6. The summed E-state index contributed by atoms with van der Waals surface area (Å²) in [6.07, 6.45) is 0.908. The number of halogens is 2. The van der Waals surface area contributed by atoms with E-state index in [0.29, 0.717) is 17.2 Å². The Morgan fingerprint density at radius 1 is 1.33 bits per heavy atom. The Labute approximate surface area is 133 Å². The van der Waals surface area contributed by atoms with Crippen LogP contribution in [0.1, 0.15) is 11.8 Å². The molecule has 0 saturated carbocycles. The number of aryl methyl sites for hydroxylation is 1. The van der Waals surface area contributed by atoms with Crippen LogP contribution in [0.5, 0.6) is 0 Å². The van der Waals surface area contributed by atoms with Gasteiger partial charge in [-0.25, -0.2) is 20.2 Å². The van der Waals surface area contributed by atoms with Gasteiger partial charge in [0, 0.05) is 9.35 Å². The van der Waals surface area contributed by atoms with Gasteiger partial charge in [0.1, 0.15) is 10.6 Å². The number of nitrogens with zero attached hydrogens (tertiary/aromatic N) is 2. The first-order chi connectivity index (χ1) is 10.1. The summed E-state index contributed by atoms with van der Waals surface area (Å²) in [7, 11) is 0. The van der Waals surface area contributed by atoms with Gasteiger partial charge < -0.3 is 5.43 Å². The van der Waals surface area contributed by atoms with Crippen molar-refractivity contribution in [2.75, 3.05) is 5.43 Å². The smallest absolute Gasteiger partial charge is 0.166 e. The van der Waals surface area contributed by atoms with Crippen molar-refractivity contribution in [2.24, 2.45) is 5.84 Å². The minimum atomic E-state index is -0.368. The van der Waals surface area contributed by atoms with E-state index in [9.17, 15) is 4.39 Å². The zero-order chi connectivity index (χ0) is 15.0. The third-order valence-electron chi connectivity index (χ3n) is 3.10. The van der Waals surface area contributed by atoms with Crippen molar-refractivity contribution >= 4 is 43.3 Å². The molecule has 0 aliphatic heterocycles. The number of hydrogen-bond acceptors (Lipinski definition) is 5. The lowest BCUT2D eigenvalue weighted by molar-refractivity contribution is 0.630. The molecule has 0 atom stereocenters. The van der Waals surface area contributed by atoms with E-state index in [0.717, 1.165) is 21.1 Å². The van der Waals surface area contributed by atoms with Gasteiger partial charge in [-0.3, -0.25) is 0 Å². The highest BCUT2D eigenvalue weighted by molar-refractivity contribution is 9.10. The van der Waals surface area contributed by atoms with Gasteiger partial charge in [-0.2, -0.15) is 0 Å². The van der Waals surface area contributed by atoms with E-state index in [2.05, 4.69) is 38.2 Å². The van der Waals surface area contributed by atoms with Crippen LogP contribution < -0.4 is 11.3 Å². The Balaban J connectivity index is 2.25. The van der Waals surface area contributed by atoms with Crippen LogP contribution in [0.3, 0.4) is 0 Å². The second-order valence-electron chi connectivity index (χ2n) is 4.45. The van der Waals surface area contributed by atoms with E-state index in [-0.39, 0.29) is 5.82 Å². The summed E-state index contributed by atoms with van der Waals surface area (Å²) in [6, 6.07) is 6.69. The van der Waals surface area contributed by atoms with Gasteiger partial charge in [0.05, 0.1) is 10.9 Å². The van der Waals surface area contributed by atoms with Crippen LogP contribution in [-0.2, 0) is 6.42 Å². The van der Waals surface area contributed by atoms with Gasteiger partial charge in [0.15, 0.2) is 11.6 Å². The predicted octanol–water partition coefficient (Wildman–Crippen LogP) is 4.11. The van der Waals surface area contributed by atoms with E-state index in [4.69, 9.17) is 5.84 Å². The third-order valence-corrected chi connectivity index (χ3v) is 4.76. The molecule has 2 aromatic heterocycles. The maximum absolute atomic E-state index is 14.0. The largest absolute Gasteiger partial charge is 0.308 e. The molecule has 3 aromatic rings. The van der Waals surface area contributed by atoms with Crippen molar-refractivity contribution in [1.82, 2.24) is 9.97 Å². The lowest BCUT2D eigenvalue weighted by Gasteiger charge is -2.06. The highest BCUT2D eigenvalue weighted by atomic mass is 79.9. The third kappa shape index (κ3) is 2.64. The van der Waals surface area contributed by atoms with Gasteiger partial charge in [-0.15, -0.1) is 11.3 Å². The lowest BCUT2D eigenvalue weighted by Crippen LogP contribution is -2.10. The average Bonchev–Trinajstić information content (AvgIpc) is 2.91. The number of fused-ring (bicyclic) bond motifs is 1. The van der Waals surface area contributed by atoms with Gasteiger partial charge in [0.2, 0.25) is 0 Å². The topological polar surface area (TPSA) is 63.8 Å². The molecule has 0 bridgehead atoms. The molecule has 3 N–H and O–H groups in total. The van der Waals surface area contributed by atoms with Crippen LogP contribution in [0.4, 0.5) is 10.2 Å². The molecule has 0 spiro atoms. The molecular formula is C14H12BrFN4S. The molecule has 0 aliphatic rings. The van der Waals surface area contributed by atoms with E-state index in [1.807, 2.05) is 6.07 Å². The number of thiophene rings is 1. The molecule has 108 valence electrons. The molecule has 1 aromatic carbocycles. The van der Waals surface area contributed by atoms with Crippen molar-refractivity contribution in [3.63, 3.8) is 0 Å². The van der Waals surface area contributed by atoms with Crippen LogP contribution in [-0.4, -0.2) is 9.97 Å².